The van der Waals surface area contributed by atoms with E-state index in [0.717, 1.165) is 23.3 Å². The number of imidazole rings is 1. The molecule has 1 fully saturated rings. The molecule has 3 aromatic heterocycles. The molecule has 2 aromatic carbocycles. The number of fused-ring (bicyclic) bond motifs is 3. The van der Waals surface area contributed by atoms with Gasteiger partial charge in [-0.15, -0.1) is 10.2 Å². The molecule has 0 N–H and O–H groups in total. The Morgan fingerprint density at radius 1 is 0.975 bits per heavy atom. The highest BCUT2D eigenvalue weighted by Crippen LogP contribution is 2.36. The van der Waals surface area contributed by atoms with Crippen molar-refractivity contribution in [1.29, 1.82) is 0 Å². The summed E-state index contributed by atoms with van der Waals surface area (Å²) < 4.78 is 40.0. The largest absolute Gasteiger partial charge is 0.349 e. The number of benzene rings is 2. The van der Waals surface area contributed by atoms with Crippen molar-refractivity contribution in [1.82, 2.24) is 38.9 Å². The fraction of sp³-hybridized carbons (Fsp3) is 0.379. The fourth-order valence-corrected chi connectivity index (χ4v) is 5.66. The summed E-state index contributed by atoms with van der Waals surface area (Å²) >= 11 is 0. The van der Waals surface area contributed by atoms with Crippen LogP contribution in [0, 0.1) is 11.6 Å². The van der Waals surface area contributed by atoms with Crippen molar-refractivity contribution in [3.8, 4) is 0 Å². The molecule has 0 saturated carbocycles. The van der Waals surface area contributed by atoms with Gasteiger partial charge in [0.25, 0.3) is 5.78 Å². The zero-order valence-corrected chi connectivity index (χ0v) is 23.0. The van der Waals surface area contributed by atoms with Crippen molar-refractivity contribution in [3.05, 3.63) is 83.9 Å². The van der Waals surface area contributed by atoms with Crippen molar-refractivity contribution in [2.45, 2.75) is 38.5 Å². The number of aromatic nitrogens is 6. The quantitative estimate of drug-likeness (QED) is 0.306. The Bertz CT molecular complexity index is 1620. The average Bonchev–Trinajstić information content (AvgIpc) is 3.54. The second-order valence-corrected chi connectivity index (χ2v) is 10.8. The zero-order chi connectivity index (χ0) is 28.8. The van der Waals surface area contributed by atoms with Crippen LogP contribution < -0.4 is 4.90 Å². The molecular weight excluding hydrogens is 512 g/mol. The van der Waals surface area contributed by atoms with Crippen molar-refractivity contribution in [2.24, 2.45) is 0 Å². The van der Waals surface area contributed by atoms with E-state index in [-0.39, 0.29) is 36.1 Å². The van der Waals surface area contributed by atoms with Crippen LogP contribution in [0.15, 0.2) is 61.2 Å². The lowest BCUT2D eigenvalue weighted by molar-refractivity contribution is 0.129. The molecule has 4 heterocycles. The number of likely N-dealkylation sites (N-methyl/N-ethyl adjacent to an activating group) is 1. The van der Waals surface area contributed by atoms with E-state index in [0.29, 0.717) is 36.7 Å². The van der Waals surface area contributed by atoms with E-state index in [9.17, 15) is 8.78 Å². The van der Waals surface area contributed by atoms with E-state index in [1.807, 2.05) is 18.7 Å². The number of hydrogen-bond donors (Lipinski definition) is 0. The van der Waals surface area contributed by atoms with E-state index < -0.39 is 0 Å². The lowest BCUT2D eigenvalue weighted by Crippen LogP contribution is -2.57. The zero-order valence-electron chi connectivity index (χ0n) is 24.0. The molecule has 1 saturated heterocycles. The average molecular weight is 547 g/mol. The van der Waals surface area contributed by atoms with Crippen molar-refractivity contribution < 1.29 is 10.2 Å². The number of rotatable bonds is 7. The highest BCUT2D eigenvalue weighted by Gasteiger charge is 2.36. The summed E-state index contributed by atoms with van der Waals surface area (Å²) in [6.45, 7) is 6.92. The van der Waals surface area contributed by atoms with E-state index in [4.69, 9.17) is 6.35 Å². The number of piperazine rings is 1. The molecule has 5 aromatic rings. The van der Waals surface area contributed by atoms with Gasteiger partial charge >= 0.3 is 0 Å². The molecule has 0 spiro atoms. The maximum atomic E-state index is 13.8. The van der Waals surface area contributed by atoms with Gasteiger partial charge in [-0.2, -0.15) is 4.98 Å². The van der Waals surface area contributed by atoms with Crippen LogP contribution in [0.3, 0.4) is 0 Å². The van der Waals surface area contributed by atoms with Gasteiger partial charge in [-0.1, -0.05) is 24.3 Å². The van der Waals surface area contributed by atoms with Crippen LogP contribution in [0.25, 0.3) is 16.9 Å². The monoisotopic (exact) mass is 546 g/mol. The second-order valence-electron chi connectivity index (χ2n) is 10.8. The highest BCUT2D eigenvalue weighted by molar-refractivity contribution is 5.86. The predicted molar refractivity (Wildman–Crippen MR) is 150 cm³/mol. The summed E-state index contributed by atoms with van der Waals surface area (Å²) in [5.41, 5.74) is 3.27. The third-order valence-corrected chi connectivity index (χ3v) is 7.71. The van der Waals surface area contributed by atoms with Gasteiger partial charge in [0, 0.05) is 38.3 Å². The summed E-state index contributed by atoms with van der Waals surface area (Å²) in [4.78, 5) is 16.2. The van der Waals surface area contributed by atoms with Crippen LogP contribution in [0.5, 0.6) is 0 Å². The molecule has 9 nitrogen and oxygen atoms in total. The fourth-order valence-electron chi connectivity index (χ4n) is 5.66. The van der Waals surface area contributed by atoms with Crippen LogP contribution in [0.1, 0.15) is 32.4 Å². The maximum absolute atomic E-state index is 13.8. The minimum atomic E-state index is -0.296. The van der Waals surface area contributed by atoms with Crippen LogP contribution in [-0.4, -0.2) is 84.7 Å². The minimum Gasteiger partial charge on any atom is -0.349 e. The van der Waals surface area contributed by atoms with Crippen LogP contribution >= 0.6 is 0 Å². The molecule has 0 aliphatic carbocycles. The lowest BCUT2D eigenvalue weighted by Gasteiger charge is -2.48. The van der Waals surface area contributed by atoms with Gasteiger partial charge < -0.3 is 14.4 Å². The van der Waals surface area contributed by atoms with Crippen LogP contribution in [-0.2, 0) is 6.54 Å². The van der Waals surface area contributed by atoms with Crippen molar-refractivity contribution in [2.75, 3.05) is 38.6 Å². The second kappa shape index (κ2) is 10.5. The molecule has 40 heavy (non-hydrogen) atoms. The summed E-state index contributed by atoms with van der Waals surface area (Å²) in [6, 6.07) is 12.9. The van der Waals surface area contributed by atoms with Crippen LogP contribution in [0.2, 0.25) is 0 Å². The van der Waals surface area contributed by atoms with E-state index in [1.54, 1.807) is 35.0 Å². The number of anilines is 1. The Hall–Kier alpha value is -3.96. The molecule has 6 rings (SSSR count). The summed E-state index contributed by atoms with van der Waals surface area (Å²) in [5, 5.41) is 8.33. The maximum Gasteiger partial charge on any atom is 0.258 e. The number of hydrogen-bond acceptors (Lipinski definition) is 7. The molecule has 1 aliphatic heterocycles. The SMILES string of the molecule is [2H]c1nc2c(N3C[C@@H](C)N(C(c4ccc(F)cc4)c4ccc(F)cc4)C[C@@H]3C)nc3nncn3c2n1CCN(C)C. The van der Waals surface area contributed by atoms with Crippen molar-refractivity contribution in [3.63, 3.8) is 0 Å². The third kappa shape index (κ3) is 4.79. The Kier molecular flexibility index (Phi) is 6.60. The molecular formula is C29H33F2N9. The van der Waals surface area contributed by atoms with Gasteiger partial charge in [0.1, 0.15) is 24.8 Å². The topological polar surface area (TPSA) is 70.6 Å². The van der Waals surface area contributed by atoms with Gasteiger partial charge in [-0.25, -0.2) is 18.2 Å². The third-order valence-electron chi connectivity index (χ3n) is 7.71. The van der Waals surface area contributed by atoms with Gasteiger partial charge in [0.2, 0.25) is 0 Å². The minimum absolute atomic E-state index is 0.0109. The summed E-state index contributed by atoms with van der Waals surface area (Å²) in [5.74, 6) is 0.541. The molecule has 11 heteroatoms. The summed E-state index contributed by atoms with van der Waals surface area (Å²) in [6.07, 6.45) is 1.78. The Morgan fingerprint density at radius 3 is 2.25 bits per heavy atom. The summed E-state index contributed by atoms with van der Waals surface area (Å²) in [7, 11) is 4.00. The molecule has 0 radical (unpaired) electrons. The predicted octanol–water partition coefficient (Wildman–Crippen LogP) is 4.00. The Labute approximate surface area is 233 Å². The Balaban J connectivity index is 1.39. The normalized spacial score (nSPS) is 18.9. The molecule has 0 amide bonds. The number of halogens is 2. The van der Waals surface area contributed by atoms with Crippen molar-refractivity contribution >= 4 is 22.8 Å². The lowest BCUT2D eigenvalue weighted by atomic mass is 9.93. The Morgan fingerprint density at radius 2 is 1.62 bits per heavy atom. The van der Waals surface area contributed by atoms with Gasteiger partial charge in [-0.3, -0.25) is 4.90 Å². The van der Waals surface area contributed by atoms with E-state index in [2.05, 4.69) is 43.7 Å². The molecule has 208 valence electrons. The van der Waals surface area contributed by atoms with Gasteiger partial charge in [0.15, 0.2) is 11.5 Å². The highest BCUT2D eigenvalue weighted by atomic mass is 19.1. The first-order valence-corrected chi connectivity index (χ1v) is 13.5. The molecule has 0 unspecified atom stereocenters. The smallest absolute Gasteiger partial charge is 0.258 e. The molecule has 1 aliphatic rings. The first kappa shape index (κ1) is 25.0. The standard InChI is InChI=1S/C29H33F2N9/c1-19-16-39(27-25-28(40-18-33-35-29(40)34-27)37(17-32-25)14-13-36(3)4)20(2)15-38(19)26(21-5-9-23(30)10-6-21)22-7-11-24(31)12-8-22/h5-12,17-20,26H,13-16H2,1-4H3/t19-,20+/m1/s1/i17D. The van der Waals surface area contributed by atoms with Crippen LogP contribution in [0.4, 0.5) is 14.6 Å². The molecule has 2 atom stereocenters. The van der Waals surface area contributed by atoms with Gasteiger partial charge in [0.05, 0.1) is 12.3 Å². The van der Waals surface area contributed by atoms with E-state index in [1.165, 1.54) is 24.3 Å². The number of nitrogens with zero attached hydrogens (tertiary/aromatic N) is 9. The van der Waals surface area contributed by atoms with E-state index >= 15 is 0 Å². The first-order valence-electron chi connectivity index (χ1n) is 14.0. The first-order chi connectivity index (χ1) is 19.7. The van der Waals surface area contributed by atoms with Gasteiger partial charge in [-0.05, 0) is 63.3 Å². The molecule has 0 bridgehead atoms.